The zero-order valence-electron chi connectivity index (χ0n) is 17.6. The predicted molar refractivity (Wildman–Crippen MR) is 106 cm³/mol. The Bertz CT molecular complexity index is 439. The molecule has 0 spiro atoms. The molecule has 0 N–H and O–H groups in total. The average Bonchev–Trinajstić information content (AvgIpc) is 2.84. The fourth-order valence-corrected chi connectivity index (χ4v) is 7.87. The van der Waals surface area contributed by atoms with Crippen molar-refractivity contribution in [2.75, 3.05) is 0 Å². The zero-order valence-corrected chi connectivity index (χ0v) is 17.6. The van der Waals surface area contributed by atoms with Crippen molar-refractivity contribution in [2.45, 2.75) is 112 Å². The maximum absolute atomic E-state index is 2.71. The molecule has 140 valence electrons. The molecule has 0 aromatic carbocycles. The number of fused-ring (bicyclic) bond motifs is 5. The highest BCUT2D eigenvalue weighted by Crippen LogP contribution is 2.70. The van der Waals surface area contributed by atoms with Crippen LogP contribution in [-0.4, -0.2) is 0 Å². The quantitative estimate of drug-likeness (QED) is 0.423. The molecule has 0 aromatic heterocycles. The minimum Gasteiger partial charge on any atom is -0.0656 e. The number of hydrogen-bond acceptors (Lipinski definition) is 0. The van der Waals surface area contributed by atoms with E-state index in [1.54, 1.807) is 19.3 Å². The van der Waals surface area contributed by atoms with Crippen LogP contribution in [-0.2, 0) is 0 Å². The molecule has 0 radical (unpaired) electrons. The molecule has 7 atom stereocenters. The number of rotatable bonds is 0. The highest BCUT2D eigenvalue weighted by molar-refractivity contribution is 5.11. The molecule has 0 saturated heterocycles. The van der Waals surface area contributed by atoms with Gasteiger partial charge < -0.3 is 0 Å². The summed E-state index contributed by atoms with van der Waals surface area (Å²) in [7, 11) is 0. The largest absolute Gasteiger partial charge is 0.0656 e. The van der Waals surface area contributed by atoms with Crippen LogP contribution >= 0.6 is 0 Å². The summed E-state index contributed by atoms with van der Waals surface area (Å²) in [4.78, 5) is 0. The molecule has 4 aliphatic carbocycles. The van der Waals surface area contributed by atoms with Crippen molar-refractivity contribution in [3.8, 4) is 0 Å². The van der Waals surface area contributed by atoms with E-state index < -0.39 is 0 Å². The first kappa shape index (κ1) is 18.8. The first-order chi connectivity index (χ1) is 11.3. The van der Waals surface area contributed by atoms with Gasteiger partial charge >= 0.3 is 0 Å². The van der Waals surface area contributed by atoms with Gasteiger partial charge in [0.25, 0.3) is 0 Å². The average molecular weight is 333 g/mol. The van der Waals surface area contributed by atoms with Crippen molar-refractivity contribution < 1.29 is 0 Å². The van der Waals surface area contributed by atoms with E-state index in [2.05, 4.69) is 41.5 Å². The van der Waals surface area contributed by atoms with Crippen LogP contribution in [0.15, 0.2) is 0 Å². The fraction of sp³-hybridized carbons (Fsp3) is 1.00. The van der Waals surface area contributed by atoms with Gasteiger partial charge in [0.05, 0.1) is 0 Å². The Hall–Kier alpha value is 0. The molecular formula is C24H44. The van der Waals surface area contributed by atoms with Crippen LogP contribution in [0.5, 0.6) is 0 Å². The van der Waals surface area contributed by atoms with Gasteiger partial charge in [-0.05, 0) is 91.3 Å². The van der Waals surface area contributed by atoms with E-state index >= 15 is 0 Å². The van der Waals surface area contributed by atoms with Crippen LogP contribution in [0.25, 0.3) is 0 Å². The van der Waals surface area contributed by atoms with Crippen molar-refractivity contribution in [3.63, 3.8) is 0 Å². The van der Waals surface area contributed by atoms with E-state index in [4.69, 9.17) is 0 Å². The van der Waals surface area contributed by atoms with Gasteiger partial charge in [-0.3, -0.25) is 0 Å². The summed E-state index contributed by atoms with van der Waals surface area (Å²) in [5.41, 5.74) is 2.03. The summed E-state index contributed by atoms with van der Waals surface area (Å²) >= 11 is 0. The van der Waals surface area contributed by atoms with Crippen molar-refractivity contribution in [1.29, 1.82) is 0 Å². The Morgan fingerprint density at radius 1 is 0.750 bits per heavy atom. The van der Waals surface area contributed by atoms with Gasteiger partial charge in [-0.25, -0.2) is 0 Å². The molecule has 0 bridgehead atoms. The summed E-state index contributed by atoms with van der Waals surface area (Å²) in [6, 6.07) is 0. The molecule has 0 aliphatic heterocycles. The smallest absolute Gasteiger partial charge is 0.0241 e. The molecular weight excluding hydrogens is 288 g/mol. The van der Waals surface area contributed by atoms with Crippen molar-refractivity contribution in [2.24, 2.45) is 39.9 Å². The van der Waals surface area contributed by atoms with E-state index in [1.165, 1.54) is 51.4 Å². The van der Waals surface area contributed by atoms with Crippen LogP contribution in [0.4, 0.5) is 0 Å². The highest BCUT2D eigenvalue weighted by atomic mass is 14.7. The van der Waals surface area contributed by atoms with Gasteiger partial charge in [0.1, 0.15) is 0 Å². The van der Waals surface area contributed by atoms with E-state index in [0.717, 1.165) is 23.7 Å². The summed E-state index contributed by atoms with van der Waals surface area (Å²) in [5.74, 6) is 4.18. The Labute approximate surface area is 152 Å². The third-order valence-corrected chi connectivity index (χ3v) is 9.81. The van der Waals surface area contributed by atoms with Gasteiger partial charge in [-0.15, -0.1) is 0 Å². The standard InChI is InChI=1S/C21H36.C3H8/c1-15-7-8-17-16-9-13-19(2)11-5-6-12-21(19,4)18(16)10-14-20(15,17)3;1-3-2/h15-18H,5-14H2,1-4H3;3H2,1-2H3. The Balaban J connectivity index is 0.000000526. The second-order valence-electron chi connectivity index (χ2n) is 10.8. The second-order valence-corrected chi connectivity index (χ2v) is 10.8. The molecule has 0 heteroatoms. The van der Waals surface area contributed by atoms with E-state index in [-0.39, 0.29) is 0 Å². The SMILES string of the molecule is CC1CCC2C3CCC4(C)CCCCC4(C)C3CCC12C.CCC. The predicted octanol–water partition coefficient (Wildman–Crippen LogP) is 7.86. The zero-order chi connectivity index (χ0) is 17.6. The van der Waals surface area contributed by atoms with E-state index in [9.17, 15) is 0 Å². The normalized spacial score (nSPS) is 53.2. The molecule has 4 aliphatic rings. The second kappa shape index (κ2) is 6.62. The van der Waals surface area contributed by atoms with Crippen LogP contribution in [0, 0.1) is 39.9 Å². The van der Waals surface area contributed by atoms with Gasteiger partial charge in [0.2, 0.25) is 0 Å². The molecule has 0 aromatic rings. The molecule has 4 rings (SSSR count). The Morgan fingerprint density at radius 3 is 2.12 bits per heavy atom. The lowest BCUT2D eigenvalue weighted by Crippen LogP contribution is -2.56. The maximum atomic E-state index is 2.71. The van der Waals surface area contributed by atoms with E-state index in [1.807, 2.05) is 0 Å². The lowest BCUT2D eigenvalue weighted by Gasteiger charge is -2.64. The Morgan fingerprint density at radius 2 is 1.42 bits per heavy atom. The lowest BCUT2D eigenvalue weighted by molar-refractivity contribution is -0.151. The topological polar surface area (TPSA) is 0 Å². The monoisotopic (exact) mass is 332 g/mol. The Kier molecular flexibility index (Phi) is 5.18. The van der Waals surface area contributed by atoms with Gasteiger partial charge in [0.15, 0.2) is 0 Å². The summed E-state index contributed by atoms with van der Waals surface area (Å²) in [5, 5.41) is 0. The van der Waals surface area contributed by atoms with E-state index in [0.29, 0.717) is 16.2 Å². The first-order valence-electron chi connectivity index (χ1n) is 11.3. The van der Waals surface area contributed by atoms with Crippen molar-refractivity contribution in [1.82, 2.24) is 0 Å². The third-order valence-electron chi connectivity index (χ3n) is 9.81. The van der Waals surface area contributed by atoms with Crippen LogP contribution in [0.3, 0.4) is 0 Å². The minimum atomic E-state index is 0.668. The third kappa shape index (κ3) is 2.61. The lowest BCUT2D eigenvalue weighted by atomic mass is 9.40. The summed E-state index contributed by atoms with van der Waals surface area (Å²) in [6.07, 6.45) is 16.5. The van der Waals surface area contributed by atoms with Crippen molar-refractivity contribution >= 4 is 0 Å². The summed E-state index contributed by atoms with van der Waals surface area (Å²) < 4.78 is 0. The highest BCUT2D eigenvalue weighted by Gasteiger charge is 2.61. The molecule has 0 amide bonds. The molecule has 4 saturated carbocycles. The van der Waals surface area contributed by atoms with Gasteiger partial charge in [0, 0.05) is 0 Å². The first-order valence-corrected chi connectivity index (χ1v) is 11.3. The maximum Gasteiger partial charge on any atom is -0.0241 e. The van der Waals surface area contributed by atoms with Crippen LogP contribution < -0.4 is 0 Å². The summed E-state index contributed by atoms with van der Waals surface area (Å²) in [6.45, 7) is 14.8. The number of hydrogen-bond donors (Lipinski definition) is 0. The molecule has 24 heavy (non-hydrogen) atoms. The minimum absolute atomic E-state index is 0.668. The molecule has 7 unspecified atom stereocenters. The van der Waals surface area contributed by atoms with Crippen LogP contribution in [0.2, 0.25) is 0 Å². The molecule has 4 fully saturated rings. The van der Waals surface area contributed by atoms with Crippen molar-refractivity contribution in [3.05, 3.63) is 0 Å². The molecule has 0 heterocycles. The fourth-order valence-electron chi connectivity index (χ4n) is 7.87. The van der Waals surface area contributed by atoms with Crippen LogP contribution in [0.1, 0.15) is 112 Å². The van der Waals surface area contributed by atoms with Gasteiger partial charge in [-0.2, -0.15) is 0 Å². The van der Waals surface area contributed by atoms with Gasteiger partial charge in [-0.1, -0.05) is 60.8 Å². The molecule has 0 nitrogen and oxygen atoms in total.